The van der Waals surface area contributed by atoms with Crippen molar-refractivity contribution < 1.29 is 14.3 Å². The first kappa shape index (κ1) is 18.1. The third-order valence-corrected chi connectivity index (χ3v) is 4.88. The molecule has 5 nitrogen and oxygen atoms in total. The number of nitrogens with two attached hydrogens (primary N) is 1. The van der Waals surface area contributed by atoms with Gasteiger partial charge >= 0.3 is 0 Å². The molecule has 1 amide bonds. The van der Waals surface area contributed by atoms with E-state index >= 15 is 0 Å². The Morgan fingerprint density at radius 3 is 2.19 bits per heavy atom. The quantitative estimate of drug-likeness (QED) is 0.751. The fraction of sp³-hybridized carbons (Fsp3) is 0.333. The van der Waals surface area contributed by atoms with Gasteiger partial charge in [0, 0.05) is 17.7 Å². The minimum atomic E-state index is -0.271. The average molecular weight is 352 g/mol. The Morgan fingerprint density at radius 1 is 0.962 bits per heavy atom. The lowest BCUT2D eigenvalue weighted by atomic mass is 9.98. The predicted octanol–water partition coefficient (Wildman–Crippen LogP) is 2.68. The number of ketones is 1. The first-order valence-corrected chi connectivity index (χ1v) is 8.96. The molecule has 1 fully saturated rings. The van der Waals surface area contributed by atoms with Gasteiger partial charge in [0.2, 0.25) is 0 Å². The summed E-state index contributed by atoms with van der Waals surface area (Å²) in [4.78, 5) is 24.5. The summed E-state index contributed by atoms with van der Waals surface area (Å²) in [6.07, 6.45) is 4.03. The topological polar surface area (TPSA) is 81.4 Å². The molecule has 0 spiro atoms. The zero-order valence-corrected chi connectivity index (χ0v) is 14.7. The van der Waals surface area contributed by atoms with Crippen LogP contribution in [0.5, 0.6) is 5.75 Å². The lowest BCUT2D eigenvalue weighted by Gasteiger charge is -2.28. The minimum absolute atomic E-state index is 0.0407. The molecule has 1 saturated carbocycles. The van der Waals surface area contributed by atoms with E-state index in [2.05, 4.69) is 5.32 Å². The minimum Gasteiger partial charge on any atom is -0.484 e. The van der Waals surface area contributed by atoms with Crippen LogP contribution in [0.2, 0.25) is 0 Å². The maximum Gasteiger partial charge on any atom is 0.258 e. The van der Waals surface area contributed by atoms with Crippen LogP contribution in [0.25, 0.3) is 0 Å². The molecule has 0 unspecified atom stereocenters. The first-order chi connectivity index (χ1) is 12.6. The van der Waals surface area contributed by atoms with E-state index < -0.39 is 0 Å². The van der Waals surface area contributed by atoms with Gasteiger partial charge in [0.25, 0.3) is 5.91 Å². The molecule has 26 heavy (non-hydrogen) atoms. The Morgan fingerprint density at radius 2 is 1.58 bits per heavy atom. The van der Waals surface area contributed by atoms with Crippen molar-refractivity contribution in [3.63, 3.8) is 0 Å². The van der Waals surface area contributed by atoms with E-state index in [4.69, 9.17) is 10.5 Å². The highest BCUT2D eigenvalue weighted by Crippen LogP contribution is 2.28. The lowest BCUT2D eigenvalue weighted by molar-refractivity contribution is -0.124. The standard InChI is InChI=1S/C21H24N2O3/c22-15-21(12-4-5-13-21)23-19(24)14-26-18-10-8-17(9-11-18)20(25)16-6-2-1-3-7-16/h1-3,6-11H,4-5,12-15,22H2,(H,23,24). The van der Waals surface area contributed by atoms with Crippen molar-refractivity contribution in [3.8, 4) is 5.75 Å². The molecule has 0 bridgehead atoms. The highest BCUT2D eigenvalue weighted by atomic mass is 16.5. The van der Waals surface area contributed by atoms with Crippen molar-refractivity contribution in [2.45, 2.75) is 31.2 Å². The van der Waals surface area contributed by atoms with Crippen LogP contribution >= 0.6 is 0 Å². The normalized spacial score (nSPS) is 15.4. The summed E-state index contributed by atoms with van der Waals surface area (Å²) in [7, 11) is 0. The monoisotopic (exact) mass is 352 g/mol. The first-order valence-electron chi connectivity index (χ1n) is 8.96. The second-order valence-corrected chi connectivity index (χ2v) is 6.75. The summed E-state index contributed by atoms with van der Waals surface area (Å²) in [5.41, 5.74) is 6.79. The molecule has 2 aromatic carbocycles. The van der Waals surface area contributed by atoms with E-state index in [0.717, 1.165) is 25.7 Å². The third-order valence-electron chi connectivity index (χ3n) is 4.88. The summed E-state index contributed by atoms with van der Waals surface area (Å²) in [5.74, 6) is 0.348. The van der Waals surface area contributed by atoms with E-state index in [-0.39, 0.29) is 23.8 Å². The van der Waals surface area contributed by atoms with Gasteiger partial charge in [-0.1, -0.05) is 43.2 Å². The van der Waals surface area contributed by atoms with E-state index in [1.165, 1.54) is 0 Å². The Bertz CT molecular complexity index is 751. The average Bonchev–Trinajstić information content (AvgIpc) is 3.16. The molecule has 0 atom stereocenters. The molecular formula is C21H24N2O3. The molecule has 2 aromatic rings. The number of hydrogen-bond acceptors (Lipinski definition) is 4. The van der Waals surface area contributed by atoms with Crippen molar-refractivity contribution >= 4 is 11.7 Å². The highest BCUT2D eigenvalue weighted by molar-refractivity contribution is 6.08. The van der Waals surface area contributed by atoms with Gasteiger partial charge in [-0.2, -0.15) is 0 Å². The molecule has 3 rings (SSSR count). The maximum atomic E-state index is 12.4. The number of rotatable bonds is 7. The Labute approximate surface area is 153 Å². The number of benzene rings is 2. The van der Waals surface area contributed by atoms with Crippen molar-refractivity contribution in [2.75, 3.05) is 13.2 Å². The zero-order chi connectivity index (χ0) is 18.4. The van der Waals surface area contributed by atoms with E-state index in [9.17, 15) is 9.59 Å². The maximum absolute atomic E-state index is 12.4. The fourth-order valence-corrected chi connectivity index (χ4v) is 3.37. The molecule has 0 heterocycles. The van der Waals surface area contributed by atoms with Gasteiger partial charge in [0.1, 0.15) is 5.75 Å². The van der Waals surface area contributed by atoms with Gasteiger partial charge in [-0.05, 0) is 37.1 Å². The van der Waals surface area contributed by atoms with Gasteiger partial charge in [0.15, 0.2) is 12.4 Å². The van der Waals surface area contributed by atoms with Crippen LogP contribution in [0.4, 0.5) is 0 Å². The molecular weight excluding hydrogens is 328 g/mol. The van der Waals surface area contributed by atoms with Crippen molar-refractivity contribution in [3.05, 3.63) is 65.7 Å². The van der Waals surface area contributed by atoms with Gasteiger partial charge in [-0.25, -0.2) is 0 Å². The van der Waals surface area contributed by atoms with E-state index in [0.29, 0.717) is 23.4 Å². The number of carbonyl (C=O) groups is 2. The van der Waals surface area contributed by atoms with Gasteiger partial charge in [-0.3, -0.25) is 9.59 Å². The third kappa shape index (κ3) is 4.29. The lowest BCUT2D eigenvalue weighted by Crippen LogP contribution is -2.52. The van der Waals surface area contributed by atoms with Crippen LogP contribution in [-0.2, 0) is 4.79 Å². The molecule has 1 aliphatic rings. The molecule has 0 saturated heterocycles. The highest BCUT2D eigenvalue weighted by Gasteiger charge is 2.33. The van der Waals surface area contributed by atoms with E-state index in [1.807, 2.05) is 18.2 Å². The summed E-state index contributed by atoms with van der Waals surface area (Å²) >= 11 is 0. The summed E-state index contributed by atoms with van der Waals surface area (Å²) in [5, 5.41) is 3.02. The van der Waals surface area contributed by atoms with Gasteiger partial charge in [-0.15, -0.1) is 0 Å². The molecule has 0 aromatic heterocycles. The van der Waals surface area contributed by atoms with Crippen LogP contribution < -0.4 is 15.8 Å². The van der Waals surface area contributed by atoms with Crippen molar-refractivity contribution in [2.24, 2.45) is 5.73 Å². The number of amides is 1. The Hall–Kier alpha value is -2.66. The van der Waals surface area contributed by atoms with Crippen LogP contribution in [-0.4, -0.2) is 30.4 Å². The molecule has 0 aliphatic heterocycles. The molecule has 136 valence electrons. The second kappa shape index (κ2) is 8.15. The molecule has 3 N–H and O–H groups in total. The smallest absolute Gasteiger partial charge is 0.258 e. The Kier molecular flexibility index (Phi) is 5.68. The predicted molar refractivity (Wildman–Crippen MR) is 100 cm³/mol. The van der Waals surface area contributed by atoms with Gasteiger partial charge in [0.05, 0.1) is 5.54 Å². The number of hydrogen-bond donors (Lipinski definition) is 2. The molecule has 0 radical (unpaired) electrons. The SMILES string of the molecule is NCC1(NC(=O)COc2ccc(C(=O)c3ccccc3)cc2)CCCC1. The zero-order valence-electron chi connectivity index (χ0n) is 14.7. The molecule has 1 aliphatic carbocycles. The van der Waals surface area contributed by atoms with Gasteiger partial charge < -0.3 is 15.8 Å². The van der Waals surface area contributed by atoms with Crippen LogP contribution in [0, 0.1) is 0 Å². The summed E-state index contributed by atoms with van der Waals surface area (Å²) < 4.78 is 5.54. The number of carbonyl (C=O) groups excluding carboxylic acids is 2. The summed E-state index contributed by atoms with van der Waals surface area (Å²) in [6.45, 7) is 0.392. The van der Waals surface area contributed by atoms with Crippen LogP contribution in [0.3, 0.4) is 0 Å². The van der Waals surface area contributed by atoms with E-state index in [1.54, 1.807) is 36.4 Å². The Balaban J connectivity index is 1.54. The van der Waals surface area contributed by atoms with Crippen LogP contribution in [0.15, 0.2) is 54.6 Å². The fourth-order valence-electron chi connectivity index (χ4n) is 3.37. The number of nitrogens with one attached hydrogen (secondary N) is 1. The number of ether oxygens (including phenoxy) is 1. The van der Waals surface area contributed by atoms with Crippen molar-refractivity contribution in [1.29, 1.82) is 0 Å². The van der Waals surface area contributed by atoms with Crippen LogP contribution in [0.1, 0.15) is 41.6 Å². The van der Waals surface area contributed by atoms with Crippen molar-refractivity contribution in [1.82, 2.24) is 5.32 Å². The molecule has 5 heteroatoms. The summed E-state index contributed by atoms with van der Waals surface area (Å²) in [6, 6.07) is 15.9. The second-order valence-electron chi connectivity index (χ2n) is 6.75. The largest absolute Gasteiger partial charge is 0.484 e.